The van der Waals surface area contributed by atoms with Crippen LogP contribution in [0.4, 0.5) is 11.4 Å². The van der Waals surface area contributed by atoms with Crippen LogP contribution in [-0.2, 0) is 9.59 Å². The van der Waals surface area contributed by atoms with Crippen molar-refractivity contribution in [2.24, 2.45) is 9.98 Å². The monoisotopic (exact) mass is 424 g/mol. The number of anilines is 1. The van der Waals surface area contributed by atoms with Gasteiger partial charge >= 0.3 is 0 Å². The number of rotatable bonds is 5. The van der Waals surface area contributed by atoms with E-state index in [1.54, 1.807) is 39.3 Å². The number of amides is 2. The minimum atomic E-state index is -0.477. The Balaban J connectivity index is 1.51. The SMILES string of the molecule is COc1cc(NC(=O)CSC2=Nc3ccccc3C3=N[C@@H](C)C(=O)N23)cc(OC)c1. The van der Waals surface area contributed by atoms with E-state index in [1.165, 1.54) is 16.7 Å². The second-order valence-corrected chi connectivity index (χ2v) is 7.59. The highest BCUT2D eigenvalue weighted by Crippen LogP contribution is 2.33. The van der Waals surface area contributed by atoms with Crippen molar-refractivity contribution < 1.29 is 19.1 Å². The average molecular weight is 424 g/mol. The van der Waals surface area contributed by atoms with Gasteiger partial charge in [0.1, 0.15) is 23.4 Å². The molecule has 0 aliphatic carbocycles. The van der Waals surface area contributed by atoms with E-state index >= 15 is 0 Å². The van der Waals surface area contributed by atoms with E-state index in [2.05, 4.69) is 15.3 Å². The molecule has 1 atom stereocenters. The molecular weight excluding hydrogens is 404 g/mol. The zero-order chi connectivity index (χ0) is 21.3. The van der Waals surface area contributed by atoms with Crippen molar-refractivity contribution in [1.82, 2.24) is 4.90 Å². The number of aliphatic imine (C=N–C) groups is 2. The molecule has 0 unspecified atom stereocenters. The molecule has 2 aromatic rings. The fourth-order valence-corrected chi connectivity index (χ4v) is 3.98. The summed E-state index contributed by atoms with van der Waals surface area (Å²) in [6.07, 6.45) is 0. The molecule has 1 N–H and O–H groups in total. The number of carbonyl (C=O) groups excluding carboxylic acids is 2. The molecule has 2 aliphatic rings. The summed E-state index contributed by atoms with van der Waals surface area (Å²) in [5.74, 6) is 1.41. The van der Waals surface area contributed by atoms with Crippen LogP contribution in [0.25, 0.3) is 0 Å². The molecule has 4 rings (SSSR count). The van der Waals surface area contributed by atoms with Gasteiger partial charge in [0.05, 0.1) is 25.7 Å². The molecule has 2 amide bonds. The van der Waals surface area contributed by atoms with Crippen LogP contribution in [0.1, 0.15) is 12.5 Å². The minimum Gasteiger partial charge on any atom is -0.497 e. The lowest BCUT2D eigenvalue weighted by atomic mass is 10.1. The second kappa shape index (κ2) is 8.19. The smallest absolute Gasteiger partial charge is 0.258 e. The van der Waals surface area contributed by atoms with E-state index < -0.39 is 6.04 Å². The summed E-state index contributed by atoms with van der Waals surface area (Å²) >= 11 is 1.19. The molecule has 0 aromatic heterocycles. The first kappa shape index (κ1) is 20.0. The number of para-hydroxylation sites is 1. The normalized spacial score (nSPS) is 17.0. The maximum Gasteiger partial charge on any atom is 0.258 e. The number of nitrogens with one attached hydrogen (secondary N) is 1. The van der Waals surface area contributed by atoms with E-state index in [-0.39, 0.29) is 17.6 Å². The molecule has 0 spiro atoms. The van der Waals surface area contributed by atoms with E-state index in [0.29, 0.717) is 28.2 Å². The molecule has 0 saturated carbocycles. The van der Waals surface area contributed by atoms with Crippen molar-refractivity contribution in [2.75, 3.05) is 25.3 Å². The number of methoxy groups -OCH3 is 2. The van der Waals surface area contributed by atoms with Gasteiger partial charge in [-0.15, -0.1) is 0 Å². The number of fused-ring (bicyclic) bond motifs is 3. The third-order valence-electron chi connectivity index (χ3n) is 4.63. The molecular formula is C21H20N4O4S. The predicted octanol–water partition coefficient (Wildman–Crippen LogP) is 3.05. The van der Waals surface area contributed by atoms with Gasteiger partial charge in [-0.05, 0) is 19.1 Å². The molecule has 0 fully saturated rings. The minimum absolute atomic E-state index is 0.0754. The van der Waals surface area contributed by atoms with Crippen LogP contribution < -0.4 is 14.8 Å². The van der Waals surface area contributed by atoms with E-state index in [4.69, 9.17) is 9.47 Å². The van der Waals surface area contributed by atoms with Gasteiger partial charge in [0.15, 0.2) is 5.17 Å². The van der Waals surface area contributed by atoms with Crippen molar-refractivity contribution >= 4 is 46.0 Å². The van der Waals surface area contributed by atoms with Gasteiger partial charge in [-0.2, -0.15) is 0 Å². The van der Waals surface area contributed by atoms with Crippen molar-refractivity contribution in [1.29, 1.82) is 0 Å². The quantitative estimate of drug-likeness (QED) is 0.796. The number of nitrogens with zero attached hydrogens (tertiary/aromatic N) is 3. The molecule has 8 nitrogen and oxygen atoms in total. The molecule has 0 bridgehead atoms. The Morgan fingerprint density at radius 2 is 1.87 bits per heavy atom. The zero-order valence-corrected chi connectivity index (χ0v) is 17.5. The second-order valence-electron chi connectivity index (χ2n) is 6.65. The Labute approximate surface area is 178 Å². The van der Waals surface area contributed by atoms with Crippen LogP contribution in [0, 0.1) is 0 Å². The van der Waals surface area contributed by atoms with Gasteiger partial charge in [0.2, 0.25) is 5.91 Å². The molecule has 2 aliphatic heterocycles. The maximum atomic E-state index is 12.6. The Morgan fingerprint density at radius 1 is 1.17 bits per heavy atom. The fourth-order valence-electron chi connectivity index (χ4n) is 3.18. The van der Waals surface area contributed by atoms with Gasteiger partial charge in [-0.25, -0.2) is 9.89 Å². The van der Waals surface area contributed by atoms with Crippen molar-refractivity contribution in [3.63, 3.8) is 0 Å². The molecule has 2 heterocycles. The van der Waals surface area contributed by atoms with E-state index in [9.17, 15) is 9.59 Å². The van der Waals surface area contributed by atoms with Crippen molar-refractivity contribution in [2.45, 2.75) is 13.0 Å². The average Bonchev–Trinajstić information content (AvgIpc) is 3.06. The van der Waals surface area contributed by atoms with E-state index in [0.717, 1.165) is 11.3 Å². The fraction of sp³-hybridized carbons (Fsp3) is 0.238. The number of benzene rings is 2. The Hall–Kier alpha value is -3.33. The Bertz CT molecular complexity index is 1060. The largest absolute Gasteiger partial charge is 0.497 e. The van der Waals surface area contributed by atoms with Gasteiger partial charge in [0, 0.05) is 29.4 Å². The zero-order valence-electron chi connectivity index (χ0n) is 16.7. The molecule has 154 valence electrons. The Morgan fingerprint density at radius 3 is 2.57 bits per heavy atom. The third-order valence-corrected chi connectivity index (χ3v) is 5.56. The summed E-state index contributed by atoms with van der Waals surface area (Å²) in [7, 11) is 3.09. The van der Waals surface area contributed by atoms with Crippen LogP contribution in [0.15, 0.2) is 52.4 Å². The van der Waals surface area contributed by atoms with Crippen LogP contribution >= 0.6 is 11.8 Å². The number of amidine groups is 2. The number of hydrogen-bond acceptors (Lipinski definition) is 7. The first-order chi connectivity index (χ1) is 14.5. The van der Waals surface area contributed by atoms with Crippen LogP contribution in [0.3, 0.4) is 0 Å². The standard InChI is InChI=1S/C21H20N4O4S/c1-12-20(27)25-19(22-12)16-6-4-5-7-17(16)24-21(25)30-11-18(26)23-13-8-14(28-2)10-15(9-13)29-3/h4-10,12H,11H2,1-3H3,(H,23,26)/t12-/m0/s1. The molecule has 0 radical (unpaired) electrons. The summed E-state index contributed by atoms with van der Waals surface area (Å²) in [5.41, 5.74) is 2.10. The van der Waals surface area contributed by atoms with Crippen molar-refractivity contribution in [3.8, 4) is 11.5 Å². The first-order valence-electron chi connectivity index (χ1n) is 9.25. The molecule has 2 aromatic carbocycles. The Kier molecular flexibility index (Phi) is 5.45. The topological polar surface area (TPSA) is 92.6 Å². The highest BCUT2D eigenvalue weighted by molar-refractivity contribution is 8.14. The lowest BCUT2D eigenvalue weighted by molar-refractivity contribution is -0.124. The summed E-state index contributed by atoms with van der Waals surface area (Å²) in [5, 5.41) is 3.27. The van der Waals surface area contributed by atoms with Crippen LogP contribution in [0.2, 0.25) is 0 Å². The lowest BCUT2D eigenvalue weighted by Crippen LogP contribution is -2.41. The summed E-state index contributed by atoms with van der Waals surface area (Å²) < 4.78 is 10.4. The number of ether oxygens (including phenoxy) is 2. The number of hydrogen-bond donors (Lipinski definition) is 1. The summed E-state index contributed by atoms with van der Waals surface area (Å²) in [6, 6.07) is 12.2. The summed E-state index contributed by atoms with van der Waals surface area (Å²) in [4.78, 5) is 35.7. The number of thioether (sulfide) groups is 1. The highest BCUT2D eigenvalue weighted by Gasteiger charge is 2.39. The van der Waals surface area contributed by atoms with Gasteiger partial charge in [-0.1, -0.05) is 23.9 Å². The highest BCUT2D eigenvalue weighted by atomic mass is 32.2. The lowest BCUT2D eigenvalue weighted by Gasteiger charge is -2.25. The maximum absolute atomic E-state index is 12.6. The van der Waals surface area contributed by atoms with Crippen LogP contribution in [-0.4, -0.2) is 53.7 Å². The molecule has 30 heavy (non-hydrogen) atoms. The third kappa shape index (κ3) is 3.76. The molecule has 9 heteroatoms. The first-order valence-corrected chi connectivity index (χ1v) is 10.2. The van der Waals surface area contributed by atoms with E-state index in [1.807, 2.05) is 24.3 Å². The van der Waals surface area contributed by atoms with Gasteiger partial charge in [-0.3, -0.25) is 14.6 Å². The molecule has 0 saturated heterocycles. The van der Waals surface area contributed by atoms with Gasteiger partial charge < -0.3 is 14.8 Å². The summed E-state index contributed by atoms with van der Waals surface area (Å²) in [6.45, 7) is 1.75. The predicted molar refractivity (Wildman–Crippen MR) is 117 cm³/mol. The van der Waals surface area contributed by atoms with Crippen molar-refractivity contribution in [3.05, 3.63) is 48.0 Å². The number of carbonyl (C=O) groups is 2. The van der Waals surface area contributed by atoms with Crippen LogP contribution in [0.5, 0.6) is 11.5 Å². The van der Waals surface area contributed by atoms with Gasteiger partial charge in [0.25, 0.3) is 5.91 Å².